The van der Waals surface area contributed by atoms with Crippen molar-refractivity contribution in [3.8, 4) is 5.75 Å². The zero-order valence-corrected chi connectivity index (χ0v) is 9.58. The first-order valence-electron chi connectivity index (χ1n) is 5.87. The van der Waals surface area contributed by atoms with Crippen molar-refractivity contribution in [2.24, 2.45) is 0 Å². The van der Waals surface area contributed by atoms with E-state index in [1.54, 1.807) is 0 Å². The van der Waals surface area contributed by atoms with Crippen LogP contribution in [0.3, 0.4) is 0 Å². The Kier molecular flexibility index (Phi) is 3.44. The zero-order chi connectivity index (χ0) is 11.4. The van der Waals surface area contributed by atoms with E-state index in [0.717, 1.165) is 17.7 Å². The Morgan fingerprint density at radius 2 is 2.25 bits per heavy atom. The molecule has 3 heteroatoms. The van der Waals surface area contributed by atoms with Crippen LogP contribution in [0.25, 0.3) is 0 Å². The van der Waals surface area contributed by atoms with Gasteiger partial charge in [0.1, 0.15) is 0 Å². The van der Waals surface area contributed by atoms with Crippen LogP contribution in [0.5, 0.6) is 5.75 Å². The highest BCUT2D eigenvalue weighted by Gasteiger charge is 2.16. The van der Waals surface area contributed by atoms with E-state index < -0.39 is 0 Å². The van der Waals surface area contributed by atoms with Crippen LogP contribution >= 0.6 is 0 Å². The van der Waals surface area contributed by atoms with E-state index in [9.17, 15) is 4.79 Å². The van der Waals surface area contributed by atoms with E-state index in [1.807, 2.05) is 12.1 Å². The molecular formula is C13H17NO2. The standard InChI is InChI=1S/C13H17NO2/c1-2-3-4-5-10-6-7-11-9-13(15)14-16-12(11)8-10/h6-8H,2-5,9H2,1H3,(H,14,15). The van der Waals surface area contributed by atoms with Gasteiger partial charge in [-0.1, -0.05) is 31.9 Å². The maximum Gasteiger partial charge on any atom is 0.257 e. The van der Waals surface area contributed by atoms with Crippen molar-refractivity contribution in [1.82, 2.24) is 5.48 Å². The lowest BCUT2D eigenvalue weighted by Crippen LogP contribution is -2.33. The summed E-state index contributed by atoms with van der Waals surface area (Å²) >= 11 is 0. The molecule has 0 bridgehead atoms. The van der Waals surface area contributed by atoms with Gasteiger partial charge in [0.05, 0.1) is 6.42 Å². The molecule has 0 radical (unpaired) electrons. The quantitative estimate of drug-likeness (QED) is 0.790. The molecule has 1 heterocycles. The Morgan fingerprint density at radius 3 is 3.06 bits per heavy atom. The maximum absolute atomic E-state index is 11.1. The predicted octanol–water partition coefficient (Wildman–Crippen LogP) is 2.39. The van der Waals surface area contributed by atoms with Gasteiger partial charge in [0, 0.05) is 5.56 Å². The van der Waals surface area contributed by atoms with Gasteiger partial charge in [0.15, 0.2) is 5.75 Å². The summed E-state index contributed by atoms with van der Waals surface area (Å²) in [5, 5.41) is 0. The minimum Gasteiger partial charge on any atom is -0.379 e. The largest absolute Gasteiger partial charge is 0.379 e. The van der Waals surface area contributed by atoms with Gasteiger partial charge in [-0.25, -0.2) is 0 Å². The van der Waals surface area contributed by atoms with Crippen LogP contribution in [0.2, 0.25) is 0 Å². The molecule has 0 unspecified atom stereocenters. The van der Waals surface area contributed by atoms with Gasteiger partial charge in [0.2, 0.25) is 0 Å². The highest BCUT2D eigenvalue weighted by Crippen LogP contribution is 2.24. The molecule has 0 saturated heterocycles. The van der Waals surface area contributed by atoms with E-state index in [2.05, 4.69) is 18.5 Å². The monoisotopic (exact) mass is 219 g/mol. The fraction of sp³-hybridized carbons (Fsp3) is 0.462. The van der Waals surface area contributed by atoms with Crippen molar-refractivity contribution >= 4 is 5.91 Å². The second kappa shape index (κ2) is 5.01. The number of carbonyl (C=O) groups is 1. The van der Waals surface area contributed by atoms with Crippen molar-refractivity contribution in [3.05, 3.63) is 29.3 Å². The number of fused-ring (bicyclic) bond motifs is 1. The average molecular weight is 219 g/mol. The Hall–Kier alpha value is -1.51. The van der Waals surface area contributed by atoms with Crippen LogP contribution in [0, 0.1) is 0 Å². The number of carbonyl (C=O) groups excluding carboxylic acids is 1. The summed E-state index contributed by atoms with van der Waals surface area (Å²) < 4.78 is 0. The fourth-order valence-corrected chi connectivity index (χ4v) is 1.90. The number of unbranched alkanes of at least 4 members (excludes halogenated alkanes) is 2. The summed E-state index contributed by atoms with van der Waals surface area (Å²) in [6.07, 6.45) is 5.21. The van der Waals surface area contributed by atoms with E-state index in [1.165, 1.54) is 24.8 Å². The number of nitrogens with one attached hydrogen (secondary N) is 1. The van der Waals surface area contributed by atoms with Crippen LogP contribution in [-0.2, 0) is 17.6 Å². The molecule has 0 aliphatic carbocycles. The Balaban J connectivity index is 2.04. The molecule has 1 aliphatic rings. The lowest BCUT2D eigenvalue weighted by Gasteiger charge is -2.17. The SMILES string of the molecule is CCCCCc1ccc2c(c1)ONC(=O)C2. The summed E-state index contributed by atoms with van der Waals surface area (Å²) in [6.45, 7) is 2.20. The molecule has 2 rings (SSSR count). The molecule has 0 atom stereocenters. The Morgan fingerprint density at radius 1 is 1.38 bits per heavy atom. The molecule has 16 heavy (non-hydrogen) atoms. The van der Waals surface area contributed by atoms with Gasteiger partial charge in [-0.3, -0.25) is 4.79 Å². The first-order valence-corrected chi connectivity index (χ1v) is 5.87. The maximum atomic E-state index is 11.1. The number of rotatable bonds is 4. The van der Waals surface area contributed by atoms with Gasteiger partial charge in [0.25, 0.3) is 5.91 Å². The van der Waals surface area contributed by atoms with Crippen molar-refractivity contribution in [2.75, 3.05) is 0 Å². The summed E-state index contributed by atoms with van der Waals surface area (Å²) in [4.78, 5) is 16.3. The van der Waals surface area contributed by atoms with Crippen molar-refractivity contribution in [1.29, 1.82) is 0 Å². The van der Waals surface area contributed by atoms with Gasteiger partial charge in [-0.05, 0) is 24.5 Å². The molecule has 86 valence electrons. The van der Waals surface area contributed by atoms with Crippen molar-refractivity contribution in [2.45, 2.75) is 39.0 Å². The highest BCUT2D eigenvalue weighted by atomic mass is 16.7. The second-order valence-corrected chi connectivity index (χ2v) is 4.20. The van der Waals surface area contributed by atoms with E-state index in [4.69, 9.17) is 4.84 Å². The van der Waals surface area contributed by atoms with E-state index >= 15 is 0 Å². The molecule has 1 amide bonds. The second-order valence-electron chi connectivity index (χ2n) is 4.20. The Labute approximate surface area is 95.8 Å². The molecule has 0 fully saturated rings. The number of amides is 1. The molecule has 1 aromatic carbocycles. The summed E-state index contributed by atoms with van der Waals surface area (Å²) in [5.74, 6) is 0.722. The summed E-state index contributed by atoms with van der Waals surface area (Å²) in [7, 11) is 0. The third-order valence-corrected chi connectivity index (χ3v) is 2.83. The normalized spacial score (nSPS) is 13.9. The van der Waals surface area contributed by atoms with Crippen LogP contribution in [0.1, 0.15) is 37.3 Å². The van der Waals surface area contributed by atoms with Crippen LogP contribution in [0.15, 0.2) is 18.2 Å². The molecule has 1 N–H and O–H groups in total. The summed E-state index contributed by atoms with van der Waals surface area (Å²) in [5.41, 5.74) is 4.65. The van der Waals surface area contributed by atoms with Crippen LogP contribution in [-0.4, -0.2) is 5.91 Å². The number of aryl methyl sites for hydroxylation is 1. The van der Waals surface area contributed by atoms with Gasteiger partial charge in [-0.15, -0.1) is 0 Å². The number of hydrogen-bond donors (Lipinski definition) is 1. The van der Waals surface area contributed by atoms with E-state index in [-0.39, 0.29) is 5.91 Å². The molecular weight excluding hydrogens is 202 g/mol. The van der Waals surface area contributed by atoms with Crippen LogP contribution in [0.4, 0.5) is 0 Å². The molecule has 3 nitrogen and oxygen atoms in total. The lowest BCUT2D eigenvalue weighted by molar-refractivity contribution is -0.128. The minimum atomic E-state index is -0.0776. The highest BCUT2D eigenvalue weighted by molar-refractivity contribution is 5.80. The third-order valence-electron chi connectivity index (χ3n) is 2.83. The van der Waals surface area contributed by atoms with Crippen LogP contribution < -0.4 is 10.3 Å². The smallest absolute Gasteiger partial charge is 0.257 e. The Bertz CT molecular complexity index is 388. The van der Waals surface area contributed by atoms with Crippen molar-refractivity contribution in [3.63, 3.8) is 0 Å². The zero-order valence-electron chi connectivity index (χ0n) is 9.58. The van der Waals surface area contributed by atoms with Gasteiger partial charge < -0.3 is 4.84 Å². The fourth-order valence-electron chi connectivity index (χ4n) is 1.90. The average Bonchev–Trinajstić information content (AvgIpc) is 2.29. The van der Waals surface area contributed by atoms with Gasteiger partial charge in [-0.2, -0.15) is 5.48 Å². The minimum absolute atomic E-state index is 0.0776. The lowest BCUT2D eigenvalue weighted by atomic mass is 10.0. The first kappa shape index (κ1) is 11.0. The first-order chi connectivity index (χ1) is 7.79. The molecule has 0 spiro atoms. The van der Waals surface area contributed by atoms with E-state index in [0.29, 0.717) is 6.42 Å². The van der Waals surface area contributed by atoms with Crippen molar-refractivity contribution < 1.29 is 9.63 Å². The predicted molar refractivity (Wildman–Crippen MR) is 62.1 cm³/mol. The summed E-state index contributed by atoms with van der Waals surface area (Å²) in [6, 6.07) is 6.12. The molecule has 1 aliphatic heterocycles. The third kappa shape index (κ3) is 2.54. The molecule has 1 aromatic rings. The topological polar surface area (TPSA) is 38.3 Å². The number of hydrogen-bond acceptors (Lipinski definition) is 2. The number of hydroxylamine groups is 1. The number of benzene rings is 1. The van der Waals surface area contributed by atoms with Gasteiger partial charge >= 0.3 is 0 Å². The molecule has 0 saturated carbocycles. The molecule has 0 aromatic heterocycles.